The number of carbonyl (C=O) groups excluding carboxylic acids is 1. The minimum absolute atomic E-state index is 0.154. The Morgan fingerprint density at radius 1 is 1.40 bits per heavy atom. The lowest BCUT2D eigenvalue weighted by Gasteiger charge is -2.20. The molecule has 0 saturated heterocycles. The fraction of sp³-hybridized carbons (Fsp3) is 0.429. The van der Waals surface area contributed by atoms with Crippen molar-refractivity contribution >= 4 is 29.3 Å². The van der Waals surface area contributed by atoms with Crippen LogP contribution in [0.25, 0.3) is 0 Å². The van der Waals surface area contributed by atoms with E-state index in [0.717, 1.165) is 5.56 Å². The van der Waals surface area contributed by atoms with Crippen LogP contribution >= 0.6 is 11.6 Å². The Kier molecular flexibility index (Phi) is 5.82. The second-order valence-corrected chi connectivity index (χ2v) is 5.20. The third-order valence-electron chi connectivity index (χ3n) is 3.21. The first-order valence-corrected chi connectivity index (χ1v) is 6.79. The van der Waals surface area contributed by atoms with Gasteiger partial charge in [0.25, 0.3) is 0 Å². The van der Waals surface area contributed by atoms with Gasteiger partial charge >= 0.3 is 12.0 Å². The van der Waals surface area contributed by atoms with E-state index in [1.165, 1.54) is 0 Å². The second-order valence-electron chi connectivity index (χ2n) is 4.76. The summed E-state index contributed by atoms with van der Waals surface area (Å²) >= 11 is 5.86. The molecule has 2 atom stereocenters. The molecule has 1 unspecified atom stereocenters. The van der Waals surface area contributed by atoms with Gasteiger partial charge in [0.1, 0.15) is 6.04 Å². The highest BCUT2D eigenvalue weighted by molar-refractivity contribution is 6.31. The van der Waals surface area contributed by atoms with E-state index in [9.17, 15) is 9.59 Å². The van der Waals surface area contributed by atoms with Gasteiger partial charge in [-0.1, -0.05) is 37.9 Å². The summed E-state index contributed by atoms with van der Waals surface area (Å²) in [7, 11) is 0. The normalized spacial score (nSPS) is 13.4. The molecule has 0 aromatic heterocycles. The van der Waals surface area contributed by atoms with E-state index in [-0.39, 0.29) is 5.92 Å². The number of nitrogens with one attached hydrogen (secondary N) is 2. The van der Waals surface area contributed by atoms with Crippen LogP contribution in [-0.4, -0.2) is 23.1 Å². The van der Waals surface area contributed by atoms with E-state index >= 15 is 0 Å². The van der Waals surface area contributed by atoms with Crippen molar-refractivity contribution in [2.24, 2.45) is 5.92 Å². The number of rotatable bonds is 5. The molecule has 2 amide bonds. The van der Waals surface area contributed by atoms with E-state index in [1.54, 1.807) is 25.1 Å². The van der Waals surface area contributed by atoms with Crippen LogP contribution in [0.1, 0.15) is 25.8 Å². The van der Waals surface area contributed by atoms with Gasteiger partial charge in [0.2, 0.25) is 0 Å². The van der Waals surface area contributed by atoms with Crippen LogP contribution in [0, 0.1) is 12.8 Å². The van der Waals surface area contributed by atoms with Crippen molar-refractivity contribution < 1.29 is 14.7 Å². The van der Waals surface area contributed by atoms with Gasteiger partial charge in [-0.05, 0) is 30.5 Å². The summed E-state index contributed by atoms with van der Waals surface area (Å²) in [5.41, 5.74) is 1.41. The average Bonchev–Trinajstić information content (AvgIpc) is 2.39. The Labute approximate surface area is 123 Å². The van der Waals surface area contributed by atoms with Crippen LogP contribution in [0.2, 0.25) is 5.02 Å². The Morgan fingerprint density at radius 2 is 2.05 bits per heavy atom. The van der Waals surface area contributed by atoms with E-state index in [4.69, 9.17) is 16.7 Å². The lowest BCUT2D eigenvalue weighted by Crippen LogP contribution is -2.46. The number of urea groups is 1. The van der Waals surface area contributed by atoms with E-state index in [1.807, 2.05) is 13.8 Å². The number of hydrogen-bond donors (Lipinski definition) is 3. The van der Waals surface area contributed by atoms with Crippen molar-refractivity contribution in [2.45, 2.75) is 33.2 Å². The summed E-state index contributed by atoms with van der Waals surface area (Å²) in [6.07, 6.45) is 0.660. The van der Waals surface area contributed by atoms with Gasteiger partial charge in [-0.3, -0.25) is 0 Å². The first kappa shape index (κ1) is 16.3. The number of anilines is 1. The molecule has 0 saturated carbocycles. The standard InChI is InChI=1S/C14H19ClN2O3/c1-4-8(2)12(13(18)19)17-14(20)16-11-7-10(15)6-5-9(11)3/h5-8,12H,4H2,1-3H3,(H,18,19)(H2,16,17,20)/t8?,12-/m0/s1. The largest absolute Gasteiger partial charge is 0.480 e. The van der Waals surface area contributed by atoms with Crippen molar-refractivity contribution in [3.8, 4) is 0 Å². The second kappa shape index (κ2) is 7.14. The number of carbonyl (C=O) groups is 2. The molecule has 0 aliphatic heterocycles. The van der Waals surface area contributed by atoms with Crippen molar-refractivity contribution in [1.29, 1.82) is 0 Å². The van der Waals surface area contributed by atoms with Crippen LogP contribution in [0.4, 0.5) is 10.5 Å². The zero-order chi connectivity index (χ0) is 15.3. The average molecular weight is 299 g/mol. The maximum Gasteiger partial charge on any atom is 0.326 e. The summed E-state index contributed by atoms with van der Waals surface area (Å²) in [6, 6.07) is 3.65. The molecule has 6 heteroatoms. The first-order chi connectivity index (χ1) is 9.35. The molecule has 0 radical (unpaired) electrons. The molecule has 0 spiro atoms. The summed E-state index contributed by atoms with van der Waals surface area (Å²) < 4.78 is 0. The monoisotopic (exact) mass is 298 g/mol. The summed E-state index contributed by atoms with van der Waals surface area (Å²) in [5, 5.41) is 14.7. The number of aliphatic carboxylic acids is 1. The Morgan fingerprint density at radius 3 is 2.60 bits per heavy atom. The topological polar surface area (TPSA) is 78.4 Å². The zero-order valence-corrected chi connectivity index (χ0v) is 12.5. The molecule has 0 aliphatic carbocycles. The van der Waals surface area contributed by atoms with Gasteiger partial charge in [0.15, 0.2) is 0 Å². The van der Waals surface area contributed by atoms with Crippen molar-refractivity contribution in [3.05, 3.63) is 28.8 Å². The highest BCUT2D eigenvalue weighted by atomic mass is 35.5. The number of amides is 2. The maximum absolute atomic E-state index is 11.9. The van der Waals surface area contributed by atoms with Gasteiger partial charge < -0.3 is 15.7 Å². The molecular weight excluding hydrogens is 280 g/mol. The third kappa shape index (κ3) is 4.42. The van der Waals surface area contributed by atoms with Crippen molar-refractivity contribution in [3.63, 3.8) is 0 Å². The molecule has 0 heterocycles. The minimum Gasteiger partial charge on any atom is -0.480 e. The van der Waals surface area contributed by atoms with Gasteiger partial charge in [0.05, 0.1) is 0 Å². The molecule has 0 fully saturated rings. The van der Waals surface area contributed by atoms with E-state index in [0.29, 0.717) is 17.1 Å². The van der Waals surface area contributed by atoms with E-state index < -0.39 is 18.0 Å². The van der Waals surface area contributed by atoms with E-state index in [2.05, 4.69) is 10.6 Å². The van der Waals surface area contributed by atoms with Gasteiger partial charge in [-0.2, -0.15) is 0 Å². The summed E-state index contributed by atoms with van der Waals surface area (Å²) in [5.74, 6) is -1.20. The number of aryl methyl sites for hydroxylation is 1. The molecule has 5 nitrogen and oxygen atoms in total. The van der Waals surface area contributed by atoms with Crippen LogP contribution in [-0.2, 0) is 4.79 Å². The lowest BCUT2D eigenvalue weighted by atomic mass is 9.99. The molecule has 20 heavy (non-hydrogen) atoms. The number of halogens is 1. The van der Waals surface area contributed by atoms with Crippen molar-refractivity contribution in [1.82, 2.24) is 5.32 Å². The van der Waals surface area contributed by atoms with Crippen LogP contribution in [0.3, 0.4) is 0 Å². The van der Waals surface area contributed by atoms with Crippen LogP contribution in [0.15, 0.2) is 18.2 Å². The maximum atomic E-state index is 11.9. The molecule has 1 aromatic carbocycles. The highest BCUT2D eigenvalue weighted by Crippen LogP contribution is 2.20. The lowest BCUT2D eigenvalue weighted by molar-refractivity contribution is -0.140. The van der Waals surface area contributed by atoms with Gasteiger partial charge in [0, 0.05) is 10.7 Å². The predicted molar refractivity (Wildman–Crippen MR) is 79.2 cm³/mol. The smallest absolute Gasteiger partial charge is 0.326 e. The number of carboxylic acid groups (broad SMARTS) is 1. The van der Waals surface area contributed by atoms with Gasteiger partial charge in [-0.25, -0.2) is 9.59 Å². The number of hydrogen-bond acceptors (Lipinski definition) is 2. The summed E-state index contributed by atoms with van der Waals surface area (Å²) in [4.78, 5) is 23.0. The SMILES string of the molecule is CCC(C)[C@H](NC(=O)Nc1cc(Cl)ccc1C)C(=O)O. The van der Waals surface area contributed by atoms with Crippen LogP contribution in [0.5, 0.6) is 0 Å². The predicted octanol–water partition coefficient (Wildman–Crippen LogP) is 3.27. The highest BCUT2D eigenvalue weighted by Gasteiger charge is 2.25. The Balaban J connectivity index is 2.75. The third-order valence-corrected chi connectivity index (χ3v) is 3.45. The molecular formula is C14H19ClN2O3. The molecule has 1 rings (SSSR count). The quantitative estimate of drug-likeness (QED) is 0.780. The van der Waals surface area contributed by atoms with Crippen LogP contribution < -0.4 is 10.6 Å². The Hall–Kier alpha value is -1.75. The summed E-state index contributed by atoms with van der Waals surface area (Å²) in [6.45, 7) is 5.49. The van der Waals surface area contributed by atoms with Crippen molar-refractivity contribution in [2.75, 3.05) is 5.32 Å². The molecule has 0 bridgehead atoms. The molecule has 110 valence electrons. The molecule has 3 N–H and O–H groups in total. The Bertz CT molecular complexity index is 505. The molecule has 1 aromatic rings. The minimum atomic E-state index is -1.04. The number of benzene rings is 1. The fourth-order valence-corrected chi connectivity index (χ4v) is 1.88. The first-order valence-electron chi connectivity index (χ1n) is 6.41. The zero-order valence-electron chi connectivity index (χ0n) is 11.7. The van der Waals surface area contributed by atoms with Gasteiger partial charge in [-0.15, -0.1) is 0 Å². The number of carboxylic acids is 1. The molecule has 0 aliphatic rings. The fourth-order valence-electron chi connectivity index (χ4n) is 1.71.